The zero-order valence-electron chi connectivity index (χ0n) is 21.2. The number of benzene rings is 1. The number of aromatic nitrogens is 3. The Morgan fingerprint density at radius 3 is 2.68 bits per heavy atom. The van der Waals surface area contributed by atoms with Crippen LogP contribution >= 0.6 is 0 Å². The van der Waals surface area contributed by atoms with Gasteiger partial charge in [0.25, 0.3) is 5.91 Å². The lowest BCUT2D eigenvalue weighted by atomic mass is 10.0. The van der Waals surface area contributed by atoms with Crippen molar-refractivity contribution in [1.82, 2.24) is 15.0 Å². The van der Waals surface area contributed by atoms with Gasteiger partial charge in [0.15, 0.2) is 0 Å². The van der Waals surface area contributed by atoms with Gasteiger partial charge in [0.2, 0.25) is 0 Å². The average Bonchev–Trinajstić information content (AvgIpc) is 3.52. The largest absolute Gasteiger partial charge is 0.496 e. The standard InChI is InChI=1S/C29H27FN6O2/c1-17-6-7-18(14-33-17)20-8-9-25(34-28(20)35-13-11-19(31)15-35)36-16-22-21(29(36)37)10-12-32-27(22)26-23(30)4-3-5-24(26)38-2/h3-10,12,14,19H,11,13,15-16,31H2,1-2H3/t19-/m0/s1. The van der Waals surface area contributed by atoms with Crippen LogP contribution in [0.5, 0.6) is 5.75 Å². The molecule has 1 fully saturated rings. The predicted molar refractivity (Wildman–Crippen MR) is 144 cm³/mol. The van der Waals surface area contributed by atoms with Gasteiger partial charge in [0.05, 0.1) is 24.9 Å². The van der Waals surface area contributed by atoms with E-state index in [0.29, 0.717) is 34.9 Å². The van der Waals surface area contributed by atoms with Crippen molar-refractivity contribution in [1.29, 1.82) is 0 Å². The van der Waals surface area contributed by atoms with Gasteiger partial charge in [-0.2, -0.15) is 0 Å². The van der Waals surface area contributed by atoms with Crippen molar-refractivity contribution in [3.05, 3.63) is 83.6 Å². The van der Waals surface area contributed by atoms with Gasteiger partial charge >= 0.3 is 0 Å². The highest BCUT2D eigenvalue weighted by Gasteiger charge is 2.34. The third-order valence-electron chi connectivity index (χ3n) is 7.16. The lowest BCUT2D eigenvalue weighted by Crippen LogP contribution is -2.29. The number of pyridine rings is 3. The molecular weight excluding hydrogens is 483 g/mol. The molecule has 38 heavy (non-hydrogen) atoms. The number of amides is 1. The molecule has 3 aromatic heterocycles. The molecule has 0 saturated carbocycles. The molecule has 4 aromatic rings. The molecular formula is C29H27FN6O2. The molecule has 8 nitrogen and oxygen atoms in total. The summed E-state index contributed by atoms with van der Waals surface area (Å²) in [6, 6.07) is 14.2. The Morgan fingerprint density at radius 2 is 1.95 bits per heavy atom. The van der Waals surface area contributed by atoms with Gasteiger partial charge in [0.1, 0.15) is 23.2 Å². The number of halogens is 1. The molecule has 2 N–H and O–H groups in total. The van der Waals surface area contributed by atoms with E-state index in [1.54, 1.807) is 23.1 Å². The van der Waals surface area contributed by atoms with E-state index in [9.17, 15) is 9.18 Å². The number of carbonyl (C=O) groups is 1. The smallest absolute Gasteiger partial charge is 0.260 e. The first-order valence-corrected chi connectivity index (χ1v) is 12.5. The Bertz CT molecular complexity index is 1540. The van der Waals surface area contributed by atoms with E-state index >= 15 is 0 Å². The Labute approximate surface area is 219 Å². The predicted octanol–water partition coefficient (Wildman–Crippen LogP) is 4.36. The van der Waals surface area contributed by atoms with Crippen molar-refractivity contribution < 1.29 is 13.9 Å². The summed E-state index contributed by atoms with van der Waals surface area (Å²) in [7, 11) is 1.49. The molecule has 2 aliphatic rings. The highest BCUT2D eigenvalue weighted by Crippen LogP contribution is 2.40. The van der Waals surface area contributed by atoms with Crippen LogP contribution in [0, 0.1) is 12.7 Å². The second-order valence-corrected chi connectivity index (χ2v) is 9.62. The number of hydrogen-bond acceptors (Lipinski definition) is 7. The fraction of sp³-hybridized carbons (Fsp3) is 0.241. The van der Waals surface area contributed by atoms with Gasteiger partial charge in [0, 0.05) is 59.5 Å². The van der Waals surface area contributed by atoms with Gasteiger partial charge in [-0.1, -0.05) is 12.1 Å². The van der Waals surface area contributed by atoms with Crippen molar-refractivity contribution >= 4 is 17.5 Å². The summed E-state index contributed by atoms with van der Waals surface area (Å²) in [5.74, 6) is 0.966. The summed E-state index contributed by atoms with van der Waals surface area (Å²) < 4.78 is 20.4. The molecule has 9 heteroatoms. The number of rotatable bonds is 5. The van der Waals surface area contributed by atoms with Crippen LogP contribution in [-0.2, 0) is 6.54 Å². The van der Waals surface area contributed by atoms with Crippen LogP contribution in [0.4, 0.5) is 16.0 Å². The van der Waals surface area contributed by atoms with Gasteiger partial charge in [-0.25, -0.2) is 9.37 Å². The van der Waals surface area contributed by atoms with E-state index in [2.05, 4.69) is 14.9 Å². The Hall–Kier alpha value is -4.37. The molecule has 1 atom stereocenters. The summed E-state index contributed by atoms with van der Waals surface area (Å²) in [6.07, 6.45) is 4.23. The SMILES string of the molecule is COc1cccc(F)c1-c1nccc2c1CN(c1ccc(-c3ccc(C)nc3)c(N3CC[C@H](N)C3)n1)C2=O. The Kier molecular flexibility index (Phi) is 6.00. The summed E-state index contributed by atoms with van der Waals surface area (Å²) in [5.41, 5.74) is 10.8. The number of hydrogen-bond donors (Lipinski definition) is 1. The number of aryl methyl sites for hydroxylation is 1. The summed E-state index contributed by atoms with van der Waals surface area (Å²) in [6.45, 7) is 3.62. The molecule has 2 aliphatic heterocycles. The zero-order chi connectivity index (χ0) is 26.4. The van der Waals surface area contributed by atoms with Crippen molar-refractivity contribution in [3.8, 4) is 28.1 Å². The number of ether oxygens (including phenoxy) is 1. The van der Waals surface area contributed by atoms with Crippen LogP contribution < -0.4 is 20.3 Å². The number of methoxy groups -OCH3 is 1. The van der Waals surface area contributed by atoms with Crippen LogP contribution in [0.15, 0.2) is 60.9 Å². The first kappa shape index (κ1) is 24.0. The highest BCUT2D eigenvalue weighted by atomic mass is 19.1. The van der Waals surface area contributed by atoms with Crippen molar-refractivity contribution in [2.75, 3.05) is 30.0 Å². The van der Waals surface area contributed by atoms with Crippen LogP contribution in [0.25, 0.3) is 22.4 Å². The topological polar surface area (TPSA) is 97.5 Å². The third kappa shape index (κ3) is 4.05. The molecule has 0 bridgehead atoms. The van der Waals surface area contributed by atoms with Crippen LogP contribution in [0.3, 0.4) is 0 Å². The molecule has 1 aromatic carbocycles. The normalized spacial score (nSPS) is 16.7. The molecule has 192 valence electrons. The molecule has 0 radical (unpaired) electrons. The van der Waals surface area contributed by atoms with E-state index in [-0.39, 0.29) is 24.1 Å². The first-order valence-electron chi connectivity index (χ1n) is 12.5. The highest BCUT2D eigenvalue weighted by molar-refractivity contribution is 6.11. The fourth-order valence-corrected chi connectivity index (χ4v) is 5.19. The number of nitrogens with zero attached hydrogens (tertiary/aromatic N) is 5. The lowest BCUT2D eigenvalue weighted by molar-refractivity contribution is 0.0996. The summed E-state index contributed by atoms with van der Waals surface area (Å²) >= 11 is 0. The zero-order valence-corrected chi connectivity index (χ0v) is 21.2. The van der Waals surface area contributed by atoms with Crippen molar-refractivity contribution in [2.24, 2.45) is 5.73 Å². The van der Waals surface area contributed by atoms with Gasteiger partial charge in [-0.05, 0) is 49.7 Å². The minimum Gasteiger partial charge on any atom is -0.496 e. The molecule has 1 saturated heterocycles. The van der Waals surface area contributed by atoms with Crippen LogP contribution in [0.2, 0.25) is 0 Å². The maximum atomic E-state index is 14.9. The average molecular weight is 511 g/mol. The molecule has 6 rings (SSSR count). The van der Waals surface area contributed by atoms with E-state index in [4.69, 9.17) is 15.5 Å². The van der Waals surface area contributed by atoms with E-state index in [1.165, 1.54) is 19.4 Å². The number of fused-ring (bicyclic) bond motifs is 1. The quantitative estimate of drug-likeness (QED) is 0.426. The molecule has 0 unspecified atom stereocenters. The summed E-state index contributed by atoms with van der Waals surface area (Å²) in [4.78, 5) is 31.3. The second-order valence-electron chi connectivity index (χ2n) is 9.62. The van der Waals surface area contributed by atoms with Gasteiger partial charge < -0.3 is 15.4 Å². The van der Waals surface area contributed by atoms with Crippen LogP contribution in [-0.4, -0.2) is 47.1 Å². The van der Waals surface area contributed by atoms with E-state index in [1.807, 2.05) is 37.4 Å². The monoisotopic (exact) mass is 510 g/mol. The van der Waals surface area contributed by atoms with E-state index < -0.39 is 5.82 Å². The number of anilines is 2. The van der Waals surface area contributed by atoms with Gasteiger partial charge in [-0.3, -0.25) is 19.7 Å². The first-order chi connectivity index (χ1) is 18.4. The Morgan fingerprint density at radius 1 is 1.08 bits per heavy atom. The molecule has 1 amide bonds. The minimum absolute atomic E-state index is 0.0616. The Balaban J connectivity index is 1.42. The van der Waals surface area contributed by atoms with Crippen molar-refractivity contribution in [3.63, 3.8) is 0 Å². The molecule has 0 spiro atoms. The number of nitrogens with two attached hydrogens (primary N) is 1. The minimum atomic E-state index is -0.460. The molecule has 0 aliphatic carbocycles. The van der Waals surface area contributed by atoms with Crippen molar-refractivity contribution in [2.45, 2.75) is 25.9 Å². The second kappa shape index (κ2) is 9.50. The maximum absolute atomic E-state index is 14.9. The summed E-state index contributed by atoms with van der Waals surface area (Å²) in [5, 5.41) is 0. The number of carbonyl (C=O) groups excluding carboxylic acids is 1. The van der Waals surface area contributed by atoms with E-state index in [0.717, 1.165) is 35.6 Å². The van der Waals surface area contributed by atoms with Gasteiger partial charge in [-0.15, -0.1) is 0 Å². The lowest BCUT2D eigenvalue weighted by Gasteiger charge is -2.24. The third-order valence-corrected chi connectivity index (χ3v) is 7.16. The van der Waals surface area contributed by atoms with Crippen LogP contribution in [0.1, 0.15) is 28.0 Å². The maximum Gasteiger partial charge on any atom is 0.260 e. The fourth-order valence-electron chi connectivity index (χ4n) is 5.19. The molecule has 5 heterocycles.